The molecule has 0 spiro atoms. The molecule has 1 unspecified atom stereocenters. The van der Waals surface area contributed by atoms with Crippen molar-refractivity contribution >= 4 is 21.8 Å². The van der Waals surface area contributed by atoms with Crippen LogP contribution in [0.5, 0.6) is 5.75 Å². The van der Waals surface area contributed by atoms with E-state index in [4.69, 9.17) is 4.74 Å². The van der Waals surface area contributed by atoms with Gasteiger partial charge in [-0.2, -0.15) is 0 Å². The fourth-order valence-electron chi connectivity index (χ4n) is 2.53. The number of hydrogen-bond acceptors (Lipinski definition) is 2. The monoisotopic (exact) mass is 345 g/mol. The largest absolute Gasteiger partial charge is 0.493 e. The second kappa shape index (κ2) is 5.90. The van der Waals surface area contributed by atoms with Crippen molar-refractivity contribution in [2.75, 3.05) is 6.61 Å². The Bertz CT molecular complexity index is 684. The molecule has 1 aliphatic rings. The van der Waals surface area contributed by atoms with Crippen LogP contribution in [0.1, 0.15) is 33.9 Å². The summed E-state index contributed by atoms with van der Waals surface area (Å²) in [4.78, 5) is 12.5. The summed E-state index contributed by atoms with van der Waals surface area (Å²) in [5, 5.41) is 3.10. The Balaban J connectivity index is 1.83. The summed E-state index contributed by atoms with van der Waals surface area (Å²) in [6, 6.07) is 13.6. The number of carbonyl (C=O) groups is 1. The number of rotatable bonds is 2. The van der Waals surface area contributed by atoms with E-state index in [1.807, 2.05) is 49.4 Å². The number of ether oxygens (including phenoxy) is 1. The summed E-state index contributed by atoms with van der Waals surface area (Å²) >= 11 is 3.46. The van der Waals surface area contributed by atoms with Crippen molar-refractivity contribution in [2.24, 2.45) is 0 Å². The highest BCUT2D eigenvalue weighted by Gasteiger charge is 2.23. The molecule has 0 saturated heterocycles. The van der Waals surface area contributed by atoms with Crippen LogP contribution >= 0.6 is 15.9 Å². The Morgan fingerprint density at radius 3 is 2.90 bits per heavy atom. The summed E-state index contributed by atoms with van der Waals surface area (Å²) < 4.78 is 6.44. The summed E-state index contributed by atoms with van der Waals surface area (Å²) in [6.07, 6.45) is 0.784. The molecule has 4 heteroatoms. The lowest BCUT2D eigenvalue weighted by Gasteiger charge is -2.26. The van der Waals surface area contributed by atoms with Crippen LogP contribution < -0.4 is 10.1 Å². The Kier molecular flexibility index (Phi) is 3.97. The molecule has 0 aromatic heterocycles. The quantitative estimate of drug-likeness (QED) is 0.892. The van der Waals surface area contributed by atoms with Crippen molar-refractivity contribution < 1.29 is 9.53 Å². The number of aryl methyl sites for hydroxylation is 1. The van der Waals surface area contributed by atoms with Crippen LogP contribution in [0.3, 0.4) is 0 Å². The van der Waals surface area contributed by atoms with Gasteiger partial charge in [0.2, 0.25) is 0 Å². The average Bonchev–Trinajstić information content (AvgIpc) is 2.47. The van der Waals surface area contributed by atoms with E-state index >= 15 is 0 Å². The number of halogens is 1. The summed E-state index contributed by atoms with van der Waals surface area (Å²) in [6.45, 7) is 2.62. The van der Waals surface area contributed by atoms with Gasteiger partial charge in [0, 0.05) is 16.5 Å². The van der Waals surface area contributed by atoms with E-state index < -0.39 is 0 Å². The minimum Gasteiger partial charge on any atom is -0.493 e. The molecular formula is C17H16BrNO2. The second-order valence-corrected chi connectivity index (χ2v) is 6.04. The van der Waals surface area contributed by atoms with Crippen molar-refractivity contribution in [2.45, 2.75) is 19.4 Å². The Labute approximate surface area is 132 Å². The van der Waals surface area contributed by atoms with E-state index in [0.29, 0.717) is 12.2 Å². The number of hydrogen-bond donors (Lipinski definition) is 1. The van der Waals surface area contributed by atoms with E-state index in [-0.39, 0.29) is 11.9 Å². The van der Waals surface area contributed by atoms with E-state index in [1.165, 1.54) is 0 Å². The van der Waals surface area contributed by atoms with Gasteiger partial charge in [-0.05, 0) is 46.6 Å². The van der Waals surface area contributed by atoms with Crippen LogP contribution in [0.2, 0.25) is 0 Å². The molecule has 1 amide bonds. The fourth-order valence-corrected chi connectivity index (χ4v) is 3.21. The Morgan fingerprint density at radius 1 is 1.29 bits per heavy atom. The van der Waals surface area contributed by atoms with E-state index in [9.17, 15) is 4.79 Å². The van der Waals surface area contributed by atoms with Crippen molar-refractivity contribution in [3.63, 3.8) is 0 Å². The maximum Gasteiger partial charge on any atom is 0.252 e. The van der Waals surface area contributed by atoms with E-state index in [2.05, 4.69) is 21.2 Å². The first-order valence-corrected chi connectivity index (χ1v) is 7.73. The fraction of sp³-hybridized carbons (Fsp3) is 0.235. The first-order valence-electron chi connectivity index (χ1n) is 6.94. The maximum absolute atomic E-state index is 12.5. The number of nitrogens with one attached hydrogen (secondary N) is 1. The highest BCUT2D eigenvalue weighted by molar-refractivity contribution is 9.10. The third kappa shape index (κ3) is 2.95. The molecule has 3 rings (SSSR count). The van der Waals surface area contributed by atoms with Crippen LogP contribution in [0.15, 0.2) is 46.9 Å². The highest BCUT2D eigenvalue weighted by Crippen LogP contribution is 2.32. The molecular weight excluding hydrogens is 330 g/mol. The number of para-hydroxylation sites is 1. The van der Waals surface area contributed by atoms with Crippen molar-refractivity contribution in [1.82, 2.24) is 5.32 Å². The van der Waals surface area contributed by atoms with Gasteiger partial charge in [0.15, 0.2) is 0 Å². The molecule has 0 bridgehead atoms. The Morgan fingerprint density at radius 2 is 2.10 bits per heavy atom. The number of carbonyl (C=O) groups excluding carboxylic acids is 1. The molecule has 1 heterocycles. The zero-order valence-corrected chi connectivity index (χ0v) is 13.3. The molecule has 3 nitrogen and oxygen atoms in total. The number of amides is 1. The standard InChI is InChI=1S/C17H16BrNO2/c1-11-6-7-12(14(18)10-11)17(20)19-15-8-9-21-16-5-3-2-4-13(15)16/h2-7,10,15H,8-9H2,1H3,(H,19,20). The van der Waals surface area contributed by atoms with E-state index in [0.717, 1.165) is 27.8 Å². The van der Waals surface area contributed by atoms with Crippen molar-refractivity contribution in [3.8, 4) is 5.75 Å². The molecule has 1 atom stereocenters. The summed E-state index contributed by atoms with van der Waals surface area (Å²) in [5.41, 5.74) is 2.82. The minimum atomic E-state index is -0.0661. The lowest BCUT2D eigenvalue weighted by atomic mass is 10.00. The molecule has 1 N–H and O–H groups in total. The predicted octanol–water partition coefficient (Wildman–Crippen LogP) is 4.01. The zero-order chi connectivity index (χ0) is 14.8. The average molecular weight is 346 g/mol. The van der Waals surface area contributed by atoms with Crippen LogP contribution in [0.25, 0.3) is 0 Å². The van der Waals surface area contributed by atoms with Gasteiger partial charge in [-0.1, -0.05) is 24.3 Å². The maximum atomic E-state index is 12.5. The first-order chi connectivity index (χ1) is 10.1. The molecule has 1 aliphatic heterocycles. The number of benzene rings is 2. The van der Waals surface area contributed by atoms with E-state index in [1.54, 1.807) is 0 Å². The van der Waals surface area contributed by atoms with Gasteiger partial charge in [-0.25, -0.2) is 0 Å². The number of fused-ring (bicyclic) bond motifs is 1. The van der Waals surface area contributed by atoms with Crippen LogP contribution in [-0.2, 0) is 0 Å². The Hall–Kier alpha value is -1.81. The third-order valence-corrected chi connectivity index (χ3v) is 4.29. The molecule has 0 aliphatic carbocycles. The van der Waals surface area contributed by atoms with Gasteiger partial charge in [-0.3, -0.25) is 4.79 Å². The second-order valence-electron chi connectivity index (χ2n) is 5.18. The minimum absolute atomic E-state index is 0.00402. The predicted molar refractivity (Wildman–Crippen MR) is 85.6 cm³/mol. The topological polar surface area (TPSA) is 38.3 Å². The highest BCUT2D eigenvalue weighted by atomic mass is 79.9. The summed E-state index contributed by atoms with van der Waals surface area (Å²) in [5.74, 6) is 0.792. The zero-order valence-electron chi connectivity index (χ0n) is 11.7. The summed E-state index contributed by atoms with van der Waals surface area (Å²) in [7, 11) is 0. The lowest BCUT2D eigenvalue weighted by molar-refractivity contribution is 0.0924. The normalized spacial score (nSPS) is 16.8. The molecule has 0 radical (unpaired) electrons. The molecule has 21 heavy (non-hydrogen) atoms. The third-order valence-electron chi connectivity index (χ3n) is 3.63. The molecule has 2 aromatic carbocycles. The molecule has 108 valence electrons. The SMILES string of the molecule is Cc1ccc(C(=O)NC2CCOc3ccccc32)c(Br)c1. The van der Waals surface area contributed by atoms with Gasteiger partial charge in [0.1, 0.15) is 5.75 Å². The smallest absolute Gasteiger partial charge is 0.252 e. The molecule has 0 fully saturated rings. The van der Waals surface area contributed by atoms with Gasteiger partial charge in [0.25, 0.3) is 5.91 Å². The van der Waals surface area contributed by atoms with Gasteiger partial charge in [0.05, 0.1) is 18.2 Å². The van der Waals surface area contributed by atoms with Crippen molar-refractivity contribution in [1.29, 1.82) is 0 Å². The molecule has 0 saturated carbocycles. The molecule has 2 aromatic rings. The van der Waals surface area contributed by atoms with Gasteiger partial charge >= 0.3 is 0 Å². The van der Waals surface area contributed by atoms with Crippen LogP contribution in [0, 0.1) is 6.92 Å². The van der Waals surface area contributed by atoms with Gasteiger partial charge in [-0.15, -0.1) is 0 Å². The lowest BCUT2D eigenvalue weighted by Crippen LogP contribution is -2.32. The van der Waals surface area contributed by atoms with Crippen molar-refractivity contribution in [3.05, 3.63) is 63.6 Å². The first kappa shape index (κ1) is 14.1. The van der Waals surface area contributed by atoms with Crippen LogP contribution in [-0.4, -0.2) is 12.5 Å². The van der Waals surface area contributed by atoms with Gasteiger partial charge < -0.3 is 10.1 Å². The van der Waals surface area contributed by atoms with Crippen LogP contribution in [0.4, 0.5) is 0 Å².